The predicted molar refractivity (Wildman–Crippen MR) is 94.3 cm³/mol. The molecule has 0 aliphatic carbocycles. The fourth-order valence-corrected chi connectivity index (χ4v) is 3.01. The van der Waals surface area contributed by atoms with Gasteiger partial charge in [-0.15, -0.1) is 0 Å². The van der Waals surface area contributed by atoms with Crippen LogP contribution in [0, 0.1) is 6.92 Å². The zero-order valence-electron chi connectivity index (χ0n) is 14.8. The highest BCUT2D eigenvalue weighted by Crippen LogP contribution is 2.18. The Hall–Kier alpha value is -2.65. The number of anilines is 1. The lowest BCUT2D eigenvalue weighted by Gasteiger charge is -2.15. The Bertz CT molecular complexity index is 917. The second-order valence-corrected chi connectivity index (χ2v) is 7.89. The summed E-state index contributed by atoms with van der Waals surface area (Å²) in [6.45, 7) is 3.03. The van der Waals surface area contributed by atoms with Crippen molar-refractivity contribution in [2.24, 2.45) is 0 Å². The van der Waals surface area contributed by atoms with Gasteiger partial charge >= 0.3 is 5.97 Å². The highest BCUT2D eigenvalue weighted by molar-refractivity contribution is 7.89. The first-order valence-corrected chi connectivity index (χ1v) is 9.15. The molecule has 0 spiro atoms. The zero-order chi connectivity index (χ0) is 19.5. The number of esters is 1. The van der Waals surface area contributed by atoms with Crippen LogP contribution in [0.15, 0.2) is 45.9 Å². The molecule has 0 bridgehead atoms. The summed E-state index contributed by atoms with van der Waals surface area (Å²) in [6, 6.07) is 7.27. The van der Waals surface area contributed by atoms with Gasteiger partial charge in [0.05, 0.1) is 11.2 Å². The smallest absolute Gasteiger partial charge is 0.342 e. The van der Waals surface area contributed by atoms with Crippen molar-refractivity contribution in [3.8, 4) is 0 Å². The molecular formula is C17H20N2O6S. The lowest BCUT2D eigenvalue weighted by Crippen LogP contribution is -2.30. The van der Waals surface area contributed by atoms with Gasteiger partial charge in [-0.05, 0) is 38.1 Å². The van der Waals surface area contributed by atoms with Crippen LogP contribution in [0.4, 0.5) is 5.69 Å². The third-order valence-corrected chi connectivity index (χ3v) is 5.42. The molecule has 140 valence electrons. The Labute approximate surface area is 151 Å². The van der Waals surface area contributed by atoms with E-state index in [0.717, 1.165) is 4.31 Å². The maximum absolute atomic E-state index is 12.2. The summed E-state index contributed by atoms with van der Waals surface area (Å²) < 4.78 is 35.5. The number of hydrogen-bond acceptors (Lipinski definition) is 6. The quantitative estimate of drug-likeness (QED) is 0.769. The Kier molecular flexibility index (Phi) is 5.83. The molecule has 9 heteroatoms. The molecule has 1 amide bonds. The van der Waals surface area contributed by atoms with Crippen molar-refractivity contribution in [1.29, 1.82) is 0 Å². The minimum absolute atomic E-state index is 0.0407. The van der Waals surface area contributed by atoms with Gasteiger partial charge in [0.25, 0.3) is 5.91 Å². The molecule has 26 heavy (non-hydrogen) atoms. The van der Waals surface area contributed by atoms with Crippen LogP contribution < -0.4 is 5.32 Å². The standard InChI is InChI=1S/C17H20N2O6S/c1-11-15(8-9-24-11)17(21)25-12(2)16(20)18-13-6-5-7-14(10-13)26(22,23)19(3)4/h5-10,12H,1-4H3,(H,18,20)/t12-/m1/s1. The lowest BCUT2D eigenvalue weighted by atomic mass is 10.2. The maximum atomic E-state index is 12.2. The summed E-state index contributed by atoms with van der Waals surface area (Å²) >= 11 is 0. The third kappa shape index (κ3) is 4.30. The molecule has 2 rings (SSSR count). The minimum Gasteiger partial charge on any atom is -0.469 e. The lowest BCUT2D eigenvalue weighted by molar-refractivity contribution is -0.123. The van der Waals surface area contributed by atoms with Crippen LogP contribution in [0.25, 0.3) is 0 Å². The summed E-state index contributed by atoms with van der Waals surface area (Å²) in [7, 11) is -0.789. The number of furan rings is 1. The molecule has 1 aromatic heterocycles. The summed E-state index contributed by atoms with van der Waals surface area (Å²) in [6.07, 6.45) is 0.277. The van der Waals surface area contributed by atoms with E-state index >= 15 is 0 Å². The van der Waals surface area contributed by atoms with E-state index in [1.165, 1.54) is 51.5 Å². The second-order valence-electron chi connectivity index (χ2n) is 5.74. The third-order valence-electron chi connectivity index (χ3n) is 3.61. The van der Waals surface area contributed by atoms with Gasteiger partial charge in [-0.25, -0.2) is 17.5 Å². The van der Waals surface area contributed by atoms with Crippen molar-refractivity contribution in [3.63, 3.8) is 0 Å². The van der Waals surface area contributed by atoms with E-state index < -0.39 is 28.0 Å². The van der Waals surface area contributed by atoms with Crippen LogP contribution in [0.5, 0.6) is 0 Å². The highest BCUT2D eigenvalue weighted by atomic mass is 32.2. The van der Waals surface area contributed by atoms with Crippen LogP contribution in [-0.4, -0.2) is 44.8 Å². The number of sulfonamides is 1. The van der Waals surface area contributed by atoms with Gasteiger partial charge in [0.1, 0.15) is 11.3 Å². The van der Waals surface area contributed by atoms with E-state index in [1.807, 2.05) is 0 Å². The maximum Gasteiger partial charge on any atom is 0.342 e. The number of benzene rings is 1. The normalized spacial score (nSPS) is 12.7. The van der Waals surface area contributed by atoms with Gasteiger partial charge in [-0.3, -0.25) is 4.79 Å². The fraction of sp³-hybridized carbons (Fsp3) is 0.294. The van der Waals surface area contributed by atoms with Crippen LogP contribution in [-0.2, 0) is 19.6 Å². The van der Waals surface area contributed by atoms with Gasteiger partial charge in [0.15, 0.2) is 6.10 Å². The first-order chi connectivity index (χ1) is 12.1. The molecule has 0 fully saturated rings. The summed E-state index contributed by atoms with van der Waals surface area (Å²) in [4.78, 5) is 24.3. The van der Waals surface area contributed by atoms with E-state index in [9.17, 15) is 18.0 Å². The molecule has 0 saturated heterocycles. The van der Waals surface area contributed by atoms with E-state index in [0.29, 0.717) is 5.76 Å². The molecule has 2 aromatic rings. The molecular weight excluding hydrogens is 360 g/mol. The molecule has 0 saturated carbocycles. The molecule has 8 nitrogen and oxygen atoms in total. The minimum atomic E-state index is -3.62. The SMILES string of the molecule is Cc1occc1C(=O)O[C@H](C)C(=O)Nc1cccc(S(=O)(=O)N(C)C)c1. The van der Waals surface area contributed by atoms with E-state index in [2.05, 4.69) is 5.32 Å². The molecule has 1 N–H and O–H groups in total. The van der Waals surface area contributed by atoms with Crippen molar-refractivity contribution < 1.29 is 27.2 Å². The second kappa shape index (κ2) is 7.71. The van der Waals surface area contributed by atoms with Gasteiger partial charge in [-0.2, -0.15) is 0 Å². The van der Waals surface area contributed by atoms with Crippen LogP contribution in [0.1, 0.15) is 23.0 Å². The largest absolute Gasteiger partial charge is 0.469 e. The van der Waals surface area contributed by atoms with Crippen LogP contribution >= 0.6 is 0 Å². The number of rotatable bonds is 6. The molecule has 0 radical (unpaired) electrons. The molecule has 1 atom stereocenters. The van der Waals surface area contributed by atoms with E-state index in [1.54, 1.807) is 13.0 Å². The number of nitrogens with one attached hydrogen (secondary N) is 1. The van der Waals surface area contributed by atoms with Gasteiger partial charge in [-0.1, -0.05) is 6.07 Å². The number of aryl methyl sites for hydroxylation is 1. The van der Waals surface area contributed by atoms with Crippen molar-refractivity contribution >= 4 is 27.6 Å². The summed E-state index contributed by atoms with van der Waals surface area (Å²) in [5, 5.41) is 2.54. The summed E-state index contributed by atoms with van der Waals surface area (Å²) in [5.41, 5.74) is 0.518. The van der Waals surface area contributed by atoms with Crippen LogP contribution in [0.3, 0.4) is 0 Å². The Morgan fingerprint density at radius 1 is 1.23 bits per heavy atom. The molecule has 1 aromatic carbocycles. The molecule has 0 aliphatic rings. The zero-order valence-corrected chi connectivity index (χ0v) is 15.7. The average Bonchev–Trinajstić information content (AvgIpc) is 3.01. The summed E-state index contributed by atoms with van der Waals surface area (Å²) in [5.74, 6) is -0.870. The van der Waals surface area contributed by atoms with E-state index in [-0.39, 0.29) is 16.1 Å². The Balaban J connectivity index is 2.08. The van der Waals surface area contributed by atoms with E-state index in [4.69, 9.17) is 9.15 Å². The first kappa shape index (κ1) is 19.7. The average molecular weight is 380 g/mol. The van der Waals surface area contributed by atoms with Crippen molar-refractivity contribution in [2.45, 2.75) is 24.8 Å². The number of hydrogen-bond donors (Lipinski definition) is 1. The van der Waals surface area contributed by atoms with Crippen molar-refractivity contribution in [2.75, 3.05) is 19.4 Å². The molecule has 0 aliphatic heterocycles. The van der Waals surface area contributed by atoms with Gasteiger partial charge in [0.2, 0.25) is 10.0 Å². The van der Waals surface area contributed by atoms with Crippen molar-refractivity contribution in [1.82, 2.24) is 4.31 Å². The van der Waals surface area contributed by atoms with Gasteiger partial charge in [0, 0.05) is 19.8 Å². The first-order valence-electron chi connectivity index (χ1n) is 7.71. The predicted octanol–water partition coefficient (Wildman–Crippen LogP) is 2.02. The highest BCUT2D eigenvalue weighted by Gasteiger charge is 2.22. The number of ether oxygens (including phenoxy) is 1. The van der Waals surface area contributed by atoms with Gasteiger partial charge < -0.3 is 14.5 Å². The number of carbonyl (C=O) groups is 2. The topological polar surface area (TPSA) is 106 Å². The number of carbonyl (C=O) groups excluding carboxylic acids is 2. The molecule has 1 heterocycles. The fourth-order valence-electron chi connectivity index (χ4n) is 2.06. The van der Waals surface area contributed by atoms with Crippen molar-refractivity contribution in [3.05, 3.63) is 47.9 Å². The Morgan fingerprint density at radius 3 is 2.50 bits per heavy atom. The Morgan fingerprint density at radius 2 is 1.92 bits per heavy atom. The number of amides is 1. The monoisotopic (exact) mass is 380 g/mol. The molecule has 0 unspecified atom stereocenters. The van der Waals surface area contributed by atoms with Crippen LogP contribution in [0.2, 0.25) is 0 Å². The number of nitrogens with zero attached hydrogens (tertiary/aromatic N) is 1.